The van der Waals surface area contributed by atoms with E-state index in [0.717, 1.165) is 5.56 Å². The fourth-order valence-electron chi connectivity index (χ4n) is 2.66. The van der Waals surface area contributed by atoms with Gasteiger partial charge in [0.25, 0.3) is 11.8 Å². The Morgan fingerprint density at radius 3 is 2.31 bits per heavy atom. The van der Waals surface area contributed by atoms with Gasteiger partial charge in [0.05, 0.1) is 12.2 Å². The van der Waals surface area contributed by atoms with Gasteiger partial charge in [-0.15, -0.1) is 0 Å². The van der Waals surface area contributed by atoms with E-state index in [1.165, 1.54) is 0 Å². The molecule has 0 unspecified atom stereocenters. The molecular weight excluding hydrogens is 368 g/mol. The van der Waals surface area contributed by atoms with Gasteiger partial charge in [-0.2, -0.15) is 0 Å². The summed E-state index contributed by atoms with van der Waals surface area (Å²) in [5.41, 5.74) is 6.54. The van der Waals surface area contributed by atoms with E-state index in [-0.39, 0.29) is 0 Å². The lowest BCUT2D eigenvalue weighted by molar-refractivity contribution is 0.0844. The number of para-hydroxylation sites is 1. The average molecular weight is 390 g/mol. The Kier molecular flexibility index (Phi) is 6.84. The summed E-state index contributed by atoms with van der Waals surface area (Å²) in [5.74, 6) is 0.109. The first-order valence-electron chi connectivity index (χ1n) is 9.26. The van der Waals surface area contributed by atoms with Crippen molar-refractivity contribution in [1.82, 2.24) is 10.9 Å². The highest BCUT2D eigenvalue weighted by atomic mass is 16.5. The summed E-state index contributed by atoms with van der Waals surface area (Å²) in [4.78, 5) is 24.9. The molecule has 0 spiro atoms. The predicted molar refractivity (Wildman–Crippen MR) is 110 cm³/mol. The van der Waals surface area contributed by atoms with E-state index in [2.05, 4.69) is 10.9 Å². The Balaban J connectivity index is 1.62. The van der Waals surface area contributed by atoms with Gasteiger partial charge in [0.15, 0.2) is 0 Å². The normalized spacial score (nSPS) is 10.1. The quantitative estimate of drug-likeness (QED) is 0.603. The Bertz CT molecular complexity index is 973. The summed E-state index contributed by atoms with van der Waals surface area (Å²) < 4.78 is 11.2. The lowest BCUT2D eigenvalue weighted by atomic mass is 10.2. The molecule has 0 radical (unpaired) electrons. The molecule has 3 aromatic rings. The van der Waals surface area contributed by atoms with E-state index >= 15 is 0 Å². The zero-order valence-corrected chi connectivity index (χ0v) is 16.1. The van der Waals surface area contributed by atoms with Crippen molar-refractivity contribution in [3.05, 3.63) is 95.6 Å². The molecule has 0 fully saturated rings. The highest BCUT2D eigenvalue weighted by Gasteiger charge is 2.14. The van der Waals surface area contributed by atoms with Crippen LogP contribution in [0.5, 0.6) is 11.5 Å². The number of carbonyl (C=O) groups excluding carboxylic acids is 2. The minimum absolute atomic E-state index is 0.326. The number of carbonyl (C=O) groups is 2. The molecule has 0 saturated heterocycles. The number of hydrazine groups is 1. The summed E-state index contributed by atoms with van der Waals surface area (Å²) in [7, 11) is 0. The van der Waals surface area contributed by atoms with E-state index in [1.807, 2.05) is 37.3 Å². The van der Waals surface area contributed by atoms with Gasteiger partial charge in [0.2, 0.25) is 0 Å². The maximum absolute atomic E-state index is 12.6. The number of benzene rings is 3. The molecule has 3 rings (SSSR count). The number of nitrogens with one attached hydrogen (secondary N) is 2. The monoisotopic (exact) mass is 390 g/mol. The smallest absolute Gasteiger partial charge is 0.273 e. The number of ether oxygens (including phenoxy) is 2. The summed E-state index contributed by atoms with van der Waals surface area (Å²) in [6.07, 6.45) is 0. The van der Waals surface area contributed by atoms with E-state index in [1.54, 1.807) is 48.5 Å². The Morgan fingerprint density at radius 2 is 1.52 bits per heavy atom. The van der Waals surface area contributed by atoms with Crippen LogP contribution >= 0.6 is 0 Å². The van der Waals surface area contributed by atoms with Gasteiger partial charge in [-0.1, -0.05) is 48.5 Å². The van der Waals surface area contributed by atoms with Gasteiger partial charge in [0, 0.05) is 5.56 Å². The van der Waals surface area contributed by atoms with Crippen molar-refractivity contribution in [3.63, 3.8) is 0 Å². The van der Waals surface area contributed by atoms with Crippen molar-refractivity contribution in [2.75, 3.05) is 6.61 Å². The van der Waals surface area contributed by atoms with Crippen LogP contribution in [0.1, 0.15) is 33.2 Å². The first-order valence-corrected chi connectivity index (χ1v) is 9.26. The first-order chi connectivity index (χ1) is 14.2. The second-order valence-corrected chi connectivity index (χ2v) is 6.14. The zero-order chi connectivity index (χ0) is 20.5. The fraction of sp³-hybridized carbons (Fsp3) is 0.130. The molecule has 0 aliphatic rings. The van der Waals surface area contributed by atoms with Crippen LogP contribution in [0, 0.1) is 0 Å². The highest BCUT2D eigenvalue weighted by Crippen LogP contribution is 2.19. The minimum atomic E-state index is -0.469. The van der Waals surface area contributed by atoms with Crippen LogP contribution in [0.25, 0.3) is 0 Å². The maximum atomic E-state index is 12.6. The van der Waals surface area contributed by atoms with Crippen LogP contribution in [0.2, 0.25) is 0 Å². The van der Waals surface area contributed by atoms with E-state index < -0.39 is 11.8 Å². The van der Waals surface area contributed by atoms with Crippen LogP contribution < -0.4 is 20.3 Å². The zero-order valence-electron chi connectivity index (χ0n) is 16.1. The van der Waals surface area contributed by atoms with Gasteiger partial charge in [-0.25, -0.2) is 0 Å². The lowest BCUT2D eigenvalue weighted by Crippen LogP contribution is -2.41. The Labute approximate surface area is 169 Å². The minimum Gasteiger partial charge on any atom is -0.494 e. The van der Waals surface area contributed by atoms with Gasteiger partial charge < -0.3 is 9.47 Å². The predicted octanol–water partition coefficient (Wildman–Crippen LogP) is 3.74. The van der Waals surface area contributed by atoms with E-state index in [9.17, 15) is 9.59 Å². The van der Waals surface area contributed by atoms with Crippen molar-refractivity contribution in [2.45, 2.75) is 13.5 Å². The molecule has 0 atom stereocenters. The van der Waals surface area contributed by atoms with Gasteiger partial charge in [-0.05, 0) is 42.8 Å². The van der Waals surface area contributed by atoms with Crippen molar-refractivity contribution >= 4 is 11.8 Å². The van der Waals surface area contributed by atoms with Crippen molar-refractivity contribution in [1.29, 1.82) is 0 Å². The molecule has 0 aliphatic carbocycles. The van der Waals surface area contributed by atoms with Gasteiger partial charge in [-0.3, -0.25) is 20.4 Å². The highest BCUT2D eigenvalue weighted by molar-refractivity contribution is 6.00. The Morgan fingerprint density at radius 1 is 0.793 bits per heavy atom. The fourth-order valence-corrected chi connectivity index (χ4v) is 2.66. The molecule has 0 aliphatic heterocycles. The molecule has 0 aromatic heterocycles. The molecule has 2 N–H and O–H groups in total. The molecule has 0 bridgehead atoms. The van der Waals surface area contributed by atoms with Crippen molar-refractivity contribution in [2.24, 2.45) is 0 Å². The molecular formula is C23H22N2O4. The van der Waals surface area contributed by atoms with Crippen LogP contribution in [0.15, 0.2) is 78.9 Å². The summed E-state index contributed by atoms with van der Waals surface area (Å²) in [6.45, 7) is 2.70. The largest absolute Gasteiger partial charge is 0.494 e. The van der Waals surface area contributed by atoms with Crippen LogP contribution in [0.4, 0.5) is 0 Å². The summed E-state index contributed by atoms with van der Waals surface area (Å²) in [6, 6.07) is 23.3. The average Bonchev–Trinajstić information content (AvgIpc) is 2.77. The molecule has 3 aromatic carbocycles. The van der Waals surface area contributed by atoms with Gasteiger partial charge >= 0.3 is 0 Å². The number of amides is 2. The SMILES string of the molecule is CCOc1cccc(C(=O)NNC(=O)c2ccccc2OCc2ccccc2)c1. The second-order valence-electron chi connectivity index (χ2n) is 6.14. The van der Waals surface area contributed by atoms with Crippen LogP contribution in [-0.2, 0) is 6.61 Å². The van der Waals surface area contributed by atoms with Crippen molar-refractivity contribution in [3.8, 4) is 11.5 Å². The number of rotatable bonds is 7. The third-order valence-electron chi connectivity index (χ3n) is 4.07. The Hall–Kier alpha value is -3.80. The molecule has 148 valence electrons. The molecule has 0 heterocycles. The third kappa shape index (κ3) is 5.59. The van der Waals surface area contributed by atoms with E-state index in [4.69, 9.17) is 9.47 Å². The number of hydrogen-bond acceptors (Lipinski definition) is 4. The van der Waals surface area contributed by atoms with Gasteiger partial charge in [0.1, 0.15) is 18.1 Å². The number of hydrogen-bond donors (Lipinski definition) is 2. The molecule has 6 heteroatoms. The van der Waals surface area contributed by atoms with Crippen LogP contribution in [-0.4, -0.2) is 18.4 Å². The van der Waals surface area contributed by atoms with E-state index in [0.29, 0.717) is 35.8 Å². The molecule has 2 amide bonds. The molecule has 29 heavy (non-hydrogen) atoms. The lowest BCUT2D eigenvalue weighted by Gasteiger charge is -2.12. The molecule has 6 nitrogen and oxygen atoms in total. The maximum Gasteiger partial charge on any atom is 0.273 e. The third-order valence-corrected chi connectivity index (χ3v) is 4.07. The standard InChI is InChI=1S/C23H22N2O4/c1-2-28-19-12-8-11-18(15-19)22(26)24-25-23(27)20-13-6-7-14-21(20)29-16-17-9-4-3-5-10-17/h3-15H,2,16H2,1H3,(H,24,26)(H,25,27). The van der Waals surface area contributed by atoms with Crippen LogP contribution in [0.3, 0.4) is 0 Å². The summed E-state index contributed by atoms with van der Waals surface area (Å²) in [5, 5.41) is 0. The second kappa shape index (κ2) is 9.94. The van der Waals surface area contributed by atoms with Crippen molar-refractivity contribution < 1.29 is 19.1 Å². The molecule has 0 saturated carbocycles. The summed E-state index contributed by atoms with van der Waals surface area (Å²) >= 11 is 0. The topological polar surface area (TPSA) is 76.7 Å². The first kappa shape index (κ1) is 19.9.